The molecule has 0 fully saturated rings. The smallest absolute Gasteiger partial charge is 0.152 e. The Hall–Kier alpha value is -0.840. The maximum atomic E-state index is 11.1. The minimum atomic E-state index is -0.310. The first-order chi connectivity index (χ1) is 4.54. The lowest BCUT2D eigenvalue weighted by Crippen LogP contribution is -2.22. The Bertz CT molecular complexity index is 165. The van der Waals surface area contributed by atoms with Gasteiger partial charge in [0.25, 0.3) is 0 Å². The molecule has 0 heterocycles. The van der Waals surface area contributed by atoms with Crippen LogP contribution in [0.4, 0.5) is 0 Å². The summed E-state index contributed by atoms with van der Waals surface area (Å²) >= 11 is 0. The van der Waals surface area contributed by atoms with Crippen LogP contribution in [-0.4, -0.2) is 5.78 Å². The van der Waals surface area contributed by atoms with Crippen LogP contribution in [0.5, 0.6) is 0 Å². The summed E-state index contributed by atoms with van der Waals surface area (Å²) in [6.07, 6.45) is 0.842. The molecule has 0 unspecified atom stereocenters. The van der Waals surface area contributed by atoms with Crippen molar-refractivity contribution in [1.29, 1.82) is 5.26 Å². The summed E-state index contributed by atoms with van der Waals surface area (Å²) < 4.78 is 0. The van der Waals surface area contributed by atoms with Gasteiger partial charge in [-0.15, -0.1) is 0 Å². The number of hydrogen-bond acceptors (Lipinski definition) is 2. The Morgan fingerprint density at radius 1 is 1.60 bits per heavy atom. The quantitative estimate of drug-likeness (QED) is 0.599. The van der Waals surface area contributed by atoms with Crippen molar-refractivity contribution in [2.45, 2.75) is 33.6 Å². The van der Waals surface area contributed by atoms with Crippen LogP contribution in [0.15, 0.2) is 0 Å². The summed E-state index contributed by atoms with van der Waals surface area (Å²) in [4.78, 5) is 11.1. The summed E-state index contributed by atoms with van der Waals surface area (Å²) in [5.41, 5.74) is -0.310. The summed E-state index contributed by atoms with van der Waals surface area (Å²) in [5, 5.41) is 8.22. The van der Waals surface area contributed by atoms with Crippen LogP contribution in [0.3, 0.4) is 0 Å². The maximum Gasteiger partial charge on any atom is 0.152 e. The van der Waals surface area contributed by atoms with Gasteiger partial charge in [0.05, 0.1) is 12.5 Å². The third-order valence-electron chi connectivity index (χ3n) is 1.88. The standard InChI is InChI=1S/C8H13NO/c1-4-8(2,3)7(10)5-6-9/h4-5H2,1-3H3. The van der Waals surface area contributed by atoms with Crippen LogP contribution in [0.25, 0.3) is 0 Å². The Morgan fingerprint density at radius 3 is 2.40 bits per heavy atom. The minimum Gasteiger partial charge on any atom is -0.298 e. The second-order valence-electron chi connectivity index (χ2n) is 3.00. The molecule has 2 heteroatoms. The van der Waals surface area contributed by atoms with E-state index in [2.05, 4.69) is 0 Å². The molecule has 0 saturated carbocycles. The molecular formula is C8H13NO. The number of nitriles is 1. The number of carbonyl (C=O) groups is 1. The molecule has 0 aliphatic carbocycles. The third-order valence-corrected chi connectivity index (χ3v) is 1.88. The lowest BCUT2D eigenvalue weighted by atomic mass is 9.84. The second-order valence-corrected chi connectivity index (χ2v) is 3.00. The van der Waals surface area contributed by atoms with Gasteiger partial charge in [0.2, 0.25) is 0 Å². The van der Waals surface area contributed by atoms with E-state index in [1.54, 1.807) is 0 Å². The van der Waals surface area contributed by atoms with Crippen molar-refractivity contribution in [3.8, 4) is 6.07 Å². The van der Waals surface area contributed by atoms with Crippen LogP contribution in [-0.2, 0) is 4.79 Å². The number of nitrogens with zero attached hydrogens (tertiary/aromatic N) is 1. The summed E-state index contributed by atoms with van der Waals surface area (Å²) in [7, 11) is 0. The molecule has 0 saturated heterocycles. The molecule has 0 N–H and O–H groups in total. The van der Waals surface area contributed by atoms with Crippen molar-refractivity contribution in [2.75, 3.05) is 0 Å². The zero-order valence-corrected chi connectivity index (χ0v) is 6.77. The summed E-state index contributed by atoms with van der Waals surface area (Å²) in [5.74, 6) is 0.0394. The molecule has 0 aromatic rings. The third kappa shape index (κ3) is 2.18. The number of rotatable bonds is 3. The van der Waals surface area contributed by atoms with E-state index in [4.69, 9.17) is 5.26 Å². The molecule has 0 aromatic heterocycles. The monoisotopic (exact) mass is 139 g/mol. The normalized spacial score (nSPS) is 10.6. The Balaban J connectivity index is 4.08. The SMILES string of the molecule is CCC(C)(C)C(=O)CC#N. The van der Waals surface area contributed by atoms with Crippen LogP contribution < -0.4 is 0 Å². The topological polar surface area (TPSA) is 40.9 Å². The lowest BCUT2D eigenvalue weighted by Gasteiger charge is -2.18. The van der Waals surface area contributed by atoms with E-state index in [1.807, 2.05) is 26.8 Å². The number of hydrogen-bond donors (Lipinski definition) is 0. The van der Waals surface area contributed by atoms with E-state index in [1.165, 1.54) is 0 Å². The van der Waals surface area contributed by atoms with Crippen LogP contribution in [0.2, 0.25) is 0 Å². The highest BCUT2D eigenvalue weighted by Crippen LogP contribution is 2.21. The Labute approximate surface area is 61.8 Å². The van der Waals surface area contributed by atoms with Gasteiger partial charge < -0.3 is 0 Å². The highest BCUT2D eigenvalue weighted by molar-refractivity contribution is 5.85. The van der Waals surface area contributed by atoms with E-state index in [0.717, 1.165) is 6.42 Å². The van der Waals surface area contributed by atoms with Crippen LogP contribution >= 0.6 is 0 Å². The molecule has 0 aromatic carbocycles. The minimum absolute atomic E-state index is 0.0394. The average molecular weight is 139 g/mol. The van der Waals surface area contributed by atoms with Gasteiger partial charge in [0.1, 0.15) is 0 Å². The van der Waals surface area contributed by atoms with Crippen molar-refractivity contribution in [3.05, 3.63) is 0 Å². The Kier molecular flexibility index (Phi) is 3.08. The van der Waals surface area contributed by atoms with Gasteiger partial charge in [-0.1, -0.05) is 20.8 Å². The molecule has 56 valence electrons. The van der Waals surface area contributed by atoms with E-state index in [9.17, 15) is 4.79 Å². The van der Waals surface area contributed by atoms with Crippen LogP contribution in [0, 0.1) is 16.7 Å². The van der Waals surface area contributed by atoms with Crippen molar-refractivity contribution in [2.24, 2.45) is 5.41 Å². The number of Topliss-reactive ketones (excluding diaryl/α,β-unsaturated/α-hetero) is 1. The van der Waals surface area contributed by atoms with Gasteiger partial charge in [-0.25, -0.2) is 0 Å². The fourth-order valence-electron chi connectivity index (χ4n) is 0.508. The largest absolute Gasteiger partial charge is 0.298 e. The summed E-state index contributed by atoms with van der Waals surface area (Å²) in [6.45, 7) is 5.69. The number of ketones is 1. The maximum absolute atomic E-state index is 11.1. The zero-order chi connectivity index (χ0) is 8.20. The van der Waals surface area contributed by atoms with E-state index in [0.29, 0.717) is 0 Å². The molecule has 2 nitrogen and oxygen atoms in total. The van der Waals surface area contributed by atoms with E-state index in [-0.39, 0.29) is 17.6 Å². The molecule has 0 radical (unpaired) electrons. The van der Waals surface area contributed by atoms with Gasteiger partial charge >= 0.3 is 0 Å². The Morgan fingerprint density at radius 2 is 2.10 bits per heavy atom. The summed E-state index contributed by atoms with van der Waals surface area (Å²) in [6, 6.07) is 1.86. The highest BCUT2D eigenvalue weighted by Gasteiger charge is 2.23. The molecule has 0 spiro atoms. The molecule has 0 aliphatic rings. The molecule has 0 aliphatic heterocycles. The molecule has 10 heavy (non-hydrogen) atoms. The highest BCUT2D eigenvalue weighted by atomic mass is 16.1. The van der Waals surface area contributed by atoms with Gasteiger partial charge in [0.15, 0.2) is 5.78 Å². The van der Waals surface area contributed by atoms with Gasteiger partial charge in [-0.05, 0) is 6.42 Å². The van der Waals surface area contributed by atoms with Crippen molar-refractivity contribution < 1.29 is 4.79 Å². The fraction of sp³-hybridized carbons (Fsp3) is 0.750. The van der Waals surface area contributed by atoms with Gasteiger partial charge in [0, 0.05) is 5.41 Å². The molecular weight excluding hydrogens is 126 g/mol. The molecule has 0 atom stereocenters. The average Bonchev–Trinajstić information content (AvgIpc) is 1.89. The zero-order valence-electron chi connectivity index (χ0n) is 6.77. The number of carbonyl (C=O) groups excluding carboxylic acids is 1. The fourth-order valence-corrected chi connectivity index (χ4v) is 0.508. The molecule has 0 amide bonds. The van der Waals surface area contributed by atoms with Crippen molar-refractivity contribution in [3.63, 3.8) is 0 Å². The first-order valence-electron chi connectivity index (χ1n) is 3.45. The van der Waals surface area contributed by atoms with Crippen molar-refractivity contribution in [1.82, 2.24) is 0 Å². The van der Waals surface area contributed by atoms with Gasteiger partial charge in [-0.2, -0.15) is 5.26 Å². The van der Waals surface area contributed by atoms with E-state index < -0.39 is 0 Å². The lowest BCUT2D eigenvalue weighted by molar-refractivity contribution is -0.126. The van der Waals surface area contributed by atoms with Gasteiger partial charge in [-0.3, -0.25) is 4.79 Å². The first-order valence-corrected chi connectivity index (χ1v) is 3.45. The molecule has 0 rings (SSSR count). The predicted molar refractivity (Wildman–Crippen MR) is 39.3 cm³/mol. The van der Waals surface area contributed by atoms with E-state index >= 15 is 0 Å². The van der Waals surface area contributed by atoms with Crippen molar-refractivity contribution >= 4 is 5.78 Å². The predicted octanol–water partition coefficient (Wildman–Crippen LogP) is 1.91. The first kappa shape index (κ1) is 9.16. The second kappa shape index (κ2) is 3.36. The molecule has 0 bridgehead atoms. The van der Waals surface area contributed by atoms with Crippen LogP contribution in [0.1, 0.15) is 33.6 Å².